The number of aliphatic hydroxyl groups is 1. The predicted molar refractivity (Wildman–Crippen MR) is 113 cm³/mol. The standard InChI is InChI=1S/C17H27N7O7S/c1-7(25)13(24-14(27)9(18)2-8-4-20-6-21-8)16(29)23-11(5-32)15(28)22-10(17(30)31)3-12(19)26/h4,6-7,9-11,13,25,32H,2-3,5,18H2,1H3,(H2,19,26)(H,20,21)(H,22,28)(H,23,29)(H,24,27)(H,30,31). The number of amides is 4. The molecule has 0 saturated carbocycles. The van der Waals surface area contributed by atoms with Gasteiger partial charge in [0.1, 0.15) is 18.1 Å². The van der Waals surface area contributed by atoms with Crippen LogP contribution in [0.3, 0.4) is 0 Å². The van der Waals surface area contributed by atoms with Gasteiger partial charge in [-0.25, -0.2) is 9.78 Å². The van der Waals surface area contributed by atoms with Gasteiger partial charge < -0.3 is 42.6 Å². The summed E-state index contributed by atoms with van der Waals surface area (Å²) < 4.78 is 0. The van der Waals surface area contributed by atoms with Crippen molar-refractivity contribution < 1.29 is 34.2 Å². The lowest BCUT2D eigenvalue weighted by atomic mass is 10.1. The minimum atomic E-state index is -1.60. The second kappa shape index (κ2) is 12.6. The van der Waals surface area contributed by atoms with Crippen molar-refractivity contribution in [2.24, 2.45) is 11.5 Å². The molecule has 1 heterocycles. The number of nitrogens with zero attached hydrogens (tertiary/aromatic N) is 1. The highest BCUT2D eigenvalue weighted by Gasteiger charge is 2.32. The van der Waals surface area contributed by atoms with E-state index in [1.54, 1.807) is 0 Å². The van der Waals surface area contributed by atoms with E-state index in [4.69, 9.17) is 16.6 Å². The van der Waals surface area contributed by atoms with Gasteiger partial charge in [-0.15, -0.1) is 0 Å². The van der Waals surface area contributed by atoms with Gasteiger partial charge in [0.15, 0.2) is 0 Å². The van der Waals surface area contributed by atoms with E-state index in [1.807, 2.05) is 0 Å². The van der Waals surface area contributed by atoms with Crippen molar-refractivity contribution in [2.75, 3.05) is 5.75 Å². The number of imidazole rings is 1. The fourth-order valence-electron chi connectivity index (χ4n) is 2.52. The number of rotatable bonds is 13. The highest BCUT2D eigenvalue weighted by atomic mass is 32.1. The van der Waals surface area contributed by atoms with Crippen molar-refractivity contribution in [1.29, 1.82) is 0 Å². The fourth-order valence-corrected chi connectivity index (χ4v) is 2.78. The Balaban J connectivity index is 2.79. The fraction of sp³-hybridized carbons (Fsp3) is 0.529. The monoisotopic (exact) mass is 473 g/mol. The first-order valence-corrected chi connectivity index (χ1v) is 10.0. The number of aliphatic carboxylic acids is 1. The van der Waals surface area contributed by atoms with Crippen molar-refractivity contribution >= 4 is 42.2 Å². The Morgan fingerprint density at radius 1 is 1.12 bits per heavy atom. The average molecular weight is 474 g/mol. The van der Waals surface area contributed by atoms with E-state index < -0.39 is 66.3 Å². The molecule has 4 amide bonds. The third-order valence-corrected chi connectivity index (χ3v) is 4.59. The third-order valence-electron chi connectivity index (χ3n) is 4.23. The van der Waals surface area contributed by atoms with Crippen LogP contribution in [0.2, 0.25) is 0 Å². The molecule has 178 valence electrons. The topological polar surface area (TPSA) is 243 Å². The molecule has 15 heteroatoms. The Kier molecular flexibility index (Phi) is 10.6. The Hall–Kier alpha value is -3.17. The number of carboxylic acid groups (broad SMARTS) is 1. The van der Waals surface area contributed by atoms with Gasteiger partial charge in [-0.3, -0.25) is 19.2 Å². The molecule has 10 N–H and O–H groups in total. The highest BCUT2D eigenvalue weighted by Crippen LogP contribution is 2.02. The van der Waals surface area contributed by atoms with Crippen molar-refractivity contribution in [3.8, 4) is 0 Å². The third kappa shape index (κ3) is 8.52. The van der Waals surface area contributed by atoms with Crippen molar-refractivity contribution in [3.05, 3.63) is 18.2 Å². The van der Waals surface area contributed by atoms with Crippen molar-refractivity contribution in [1.82, 2.24) is 25.9 Å². The quantitative estimate of drug-likeness (QED) is 0.127. The number of hydrogen-bond donors (Lipinski definition) is 9. The van der Waals surface area contributed by atoms with Gasteiger partial charge >= 0.3 is 5.97 Å². The molecule has 0 radical (unpaired) electrons. The summed E-state index contributed by atoms with van der Waals surface area (Å²) in [6.45, 7) is 1.24. The van der Waals surface area contributed by atoms with E-state index in [-0.39, 0.29) is 12.2 Å². The Morgan fingerprint density at radius 3 is 2.22 bits per heavy atom. The van der Waals surface area contributed by atoms with Gasteiger partial charge in [0.25, 0.3) is 0 Å². The molecule has 0 aliphatic rings. The number of primary amides is 1. The van der Waals surface area contributed by atoms with Gasteiger partial charge in [0.2, 0.25) is 23.6 Å². The molecule has 1 aromatic heterocycles. The van der Waals surface area contributed by atoms with Crippen LogP contribution in [-0.2, 0) is 30.4 Å². The van der Waals surface area contributed by atoms with E-state index in [0.29, 0.717) is 5.69 Å². The number of nitrogens with one attached hydrogen (secondary N) is 4. The Bertz CT molecular complexity index is 818. The van der Waals surface area contributed by atoms with Gasteiger partial charge in [-0.2, -0.15) is 12.6 Å². The van der Waals surface area contributed by atoms with Crippen LogP contribution in [0, 0.1) is 0 Å². The number of aliphatic hydroxyl groups excluding tert-OH is 1. The first kappa shape index (κ1) is 26.9. The maximum Gasteiger partial charge on any atom is 0.326 e. The minimum Gasteiger partial charge on any atom is -0.480 e. The lowest BCUT2D eigenvalue weighted by Crippen LogP contribution is -2.60. The summed E-state index contributed by atoms with van der Waals surface area (Å²) in [5.41, 5.74) is 11.4. The van der Waals surface area contributed by atoms with E-state index in [2.05, 4.69) is 38.5 Å². The number of carbonyl (C=O) groups excluding carboxylic acids is 4. The number of aromatic amines is 1. The summed E-state index contributed by atoms with van der Waals surface area (Å²) in [5.74, 6) is -5.32. The van der Waals surface area contributed by atoms with Crippen LogP contribution in [0.25, 0.3) is 0 Å². The molecule has 14 nitrogen and oxygen atoms in total. The molecule has 0 bridgehead atoms. The number of carbonyl (C=O) groups is 5. The zero-order valence-corrected chi connectivity index (χ0v) is 18.0. The molecular weight excluding hydrogens is 446 g/mol. The molecule has 0 aliphatic carbocycles. The second-order valence-electron chi connectivity index (χ2n) is 6.93. The summed E-state index contributed by atoms with van der Waals surface area (Å²) in [4.78, 5) is 66.0. The second-order valence-corrected chi connectivity index (χ2v) is 7.29. The normalized spacial score (nSPS) is 15.5. The van der Waals surface area contributed by atoms with Crippen molar-refractivity contribution in [3.63, 3.8) is 0 Å². The molecule has 1 rings (SSSR count). The van der Waals surface area contributed by atoms with E-state index in [0.717, 1.165) is 0 Å². The summed E-state index contributed by atoms with van der Waals surface area (Å²) in [6.07, 6.45) is 0.966. The molecule has 0 aliphatic heterocycles. The maximum atomic E-state index is 12.6. The molecule has 0 saturated heterocycles. The van der Waals surface area contributed by atoms with Crippen LogP contribution < -0.4 is 27.4 Å². The largest absolute Gasteiger partial charge is 0.480 e. The number of carboxylic acids is 1. The lowest BCUT2D eigenvalue weighted by molar-refractivity contribution is -0.143. The molecule has 5 unspecified atom stereocenters. The van der Waals surface area contributed by atoms with Crippen molar-refractivity contribution in [2.45, 2.75) is 50.0 Å². The predicted octanol–water partition coefficient (Wildman–Crippen LogP) is -4.00. The zero-order valence-electron chi connectivity index (χ0n) is 17.1. The van der Waals surface area contributed by atoms with Crippen LogP contribution >= 0.6 is 12.6 Å². The Labute approximate surface area is 188 Å². The SMILES string of the molecule is CC(O)C(NC(=O)C(N)Cc1cnc[nH]1)C(=O)NC(CS)C(=O)NC(CC(N)=O)C(=O)O. The van der Waals surface area contributed by atoms with Crippen LogP contribution in [0.5, 0.6) is 0 Å². The van der Waals surface area contributed by atoms with Gasteiger partial charge in [-0.1, -0.05) is 0 Å². The lowest BCUT2D eigenvalue weighted by Gasteiger charge is -2.25. The molecule has 0 aromatic carbocycles. The Morgan fingerprint density at radius 2 is 1.75 bits per heavy atom. The first-order valence-electron chi connectivity index (χ1n) is 9.40. The number of hydrogen-bond acceptors (Lipinski definition) is 9. The molecule has 32 heavy (non-hydrogen) atoms. The smallest absolute Gasteiger partial charge is 0.326 e. The molecular formula is C17H27N7O7S. The maximum absolute atomic E-state index is 12.6. The van der Waals surface area contributed by atoms with E-state index in [1.165, 1.54) is 19.4 Å². The number of thiol groups is 1. The van der Waals surface area contributed by atoms with Crippen LogP contribution in [0.4, 0.5) is 0 Å². The summed E-state index contributed by atoms with van der Waals surface area (Å²) in [6, 6.07) is -5.46. The van der Waals surface area contributed by atoms with Crippen LogP contribution in [0.1, 0.15) is 19.0 Å². The van der Waals surface area contributed by atoms with Gasteiger partial charge in [0.05, 0.1) is 24.9 Å². The minimum absolute atomic E-state index is 0.0953. The van der Waals surface area contributed by atoms with Crippen LogP contribution in [-0.4, -0.2) is 85.8 Å². The number of H-pyrrole nitrogens is 1. The van der Waals surface area contributed by atoms with Crippen LogP contribution in [0.15, 0.2) is 12.5 Å². The highest BCUT2D eigenvalue weighted by molar-refractivity contribution is 7.80. The average Bonchev–Trinajstić information content (AvgIpc) is 3.21. The molecule has 0 fully saturated rings. The summed E-state index contributed by atoms with van der Waals surface area (Å²) in [5, 5.41) is 25.7. The van der Waals surface area contributed by atoms with Gasteiger partial charge in [-0.05, 0) is 6.92 Å². The molecule has 1 aromatic rings. The van der Waals surface area contributed by atoms with E-state index >= 15 is 0 Å². The summed E-state index contributed by atoms with van der Waals surface area (Å²) >= 11 is 3.95. The van der Waals surface area contributed by atoms with Gasteiger partial charge in [0, 0.05) is 24.1 Å². The molecule has 5 atom stereocenters. The molecule has 0 spiro atoms. The summed E-state index contributed by atoms with van der Waals surface area (Å²) in [7, 11) is 0. The van der Waals surface area contributed by atoms with E-state index in [9.17, 15) is 29.1 Å². The first-order chi connectivity index (χ1) is 15.0. The zero-order chi connectivity index (χ0) is 24.4. The number of aromatic nitrogens is 2. The number of nitrogens with two attached hydrogens (primary N) is 2.